The Hall–Kier alpha value is -1.27. The Kier molecular flexibility index (Phi) is 6.74. The Bertz CT molecular complexity index is 747. The van der Waals surface area contributed by atoms with Gasteiger partial charge >= 0.3 is 0 Å². The van der Waals surface area contributed by atoms with Crippen LogP contribution in [-0.2, 0) is 0 Å². The Balaban J connectivity index is 0.00000225. The second-order valence-corrected chi connectivity index (χ2v) is 7.07. The first-order valence-corrected chi connectivity index (χ1v) is 8.77. The number of hydrogen-bond acceptors (Lipinski definition) is 3. The van der Waals surface area contributed by atoms with Gasteiger partial charge in [0.1, 0.15) is 0 Å². The van der Waals surface area contributed by atoms with Gasteiger partial charge in [0.25, 0.3) is 5.91 Å². The van der Waals surface area contributed by atoms with Crippen LogP contribution in [0.1, 0.15) is 30.3 Å². The molecule has 1 saturated heterocycles. The van der Waals surface area contributed by atoms with E-state index in [1.807, 2.05) is 17.9 Å². The number of hydrogen-bond donors (Lipinski definition) is 1. The Morgan fingerprint density at radius 1 is 1.32 bits per heavy atom. The molecule has 1 aliphatic rings. The smallest absolute Gasteiger partial charge is 0.274 e. The number of aromatic nitrogens is 2. The van der Waals surface area contributed by atoms with Gasteiger partial charge in [-0.3, -0.25) is 4.79 Å². The van der Waals surface area contributed by atoms with Crippen molar-refractivity contribution in [3.8, 4) is 5.69 Å². The number of piperidine rings is 1. The first kappa shape index (κ1) is 20.0. The number of benzene rings is 1. The van der Waals surface area contributed by atoms with Gasteiger partial charge in [-0.25, -0.2) is 4.68 Å². The minimum absolute atomic E-state index is 0. The molecule has 2 atom stereocenters. The van der Waals surface area contributed by atoms with Gasteiger partial charge in [0.05, 0.1) is 15.7 Å². The second kappa shape index (κ2) is 8.41. The first-order valence-electron chi connectivity index (χ1n) is 8.01. The van der Waals surface area contributed by atoms with E-state index in [4.69, 9.17) is 28.9 Å². The topological polar surface area (TPSA) is 64.2 Å². The van der Waals surface area contributed by atoms with Crippen LogP contribution in [0.15, 0.2) is 30.5 Å². The molecule has 5 nitrogen and oxygen atoms in total. The van der Waals surface area contributed by atoms with Crippen LogP contribution in [0.5, 0.6) is 0 Å². The zero-order chi connectivity index (χ0) is 17.3. The molecule has 2 aromatic rings. The van der Waals surface area contributed by atoms with Gasteiger partial charge < -0.3 is 10.6 Å². The molecule has 136 valence electrons. The molecule has 1 fully saturated rings. The Morgan fingerprint density at radius 3 is 2.76 bits per heavy atom. The lowest BCUT2D eigenvalue weighted by Gasteiger charge is -2.34. The molecule has 1 aliphatic heterocycles. The predicted octanol–water partition coefficient (Wildman–Crippen LogP) is 3.80. The number of carbonyl (C=O) groups excluding carboxylic acids is 1. The number of nitrogens with zero attached hydrogens (tertiary/aromatic N) is 3. The maximum atomic E-state index is 12.7. The average molecular weight is 404 g/mol. The molecule has 0 radical (unpaired) electrons. The van der Waals surface area contributed by atoms with Gasteiger partial charge in [-0.15, -0.1) is 12.4 Å². The van der Waals surface area contributed by atoms with Crippen molar-refractivity contribution in [1.29, 1.82) is 0 Å². The van der Waals surface area contributed by atoms with Crippen LogP contribution in [0.4, 0.5) is 0 Å². The Labute approximate surface area is 163 Å². The van der Waals surface area contributed by atoms with Gasteiger partial charge in [0.2, 0.25) is 0 Å². The fourth-order valence-corrected chi connectivity index (χ4v) is 3.29. The normalized spacial score (nSPS) is 18.6. The third-order valence-electron chi connectivity index (χ3n) is 4.46. The predicted molar refractivity (Wildman–Crippen MR) is 103 cm³/mol. The van der Waals surface area contributed by atoms with Crippen molar-refractivity contribution in [2.75, 3.05) is 13.1 Å². The highest BCUT2D eigenvalue weighted by Gasteiger charge is 2.27. The highest BCUT2D eigenvalue weighted by Crippen LogP contribution is 2.25. The second-order valence-electron chi connectivity index (χ2n) is 6.26. The molecule has 1 aromatic heterocycles. The average Bonchev–Trinajstić information content (AvgIpc) is 3.06. The number of carbonyl (C=O) groups is 1. The molecule has 2 heterocycles. The summed E-state index contributed by atoms with van der Waals surface area (Å²) in [5.41, 5.74) is 7.18. The minimum Gasteiger partial charge on any atom is -0.337 e. The van der Waals surface area contributed by atoms with Crippen molar-refractivity contribution in [2.24, 2.45) is 11.7 Å². The summed E-state index contributed by atoms with van der Waals surface area (Å²) in [6, 6.07) is 7.05. The molecule has 8 heteroatoms. The number of likely N-dealkylation sites (tertiary alicyclic amines) is 1. The molecule has 2 unspecified atom stereocenters. The Morgan fingerprint density at radius 2 is 2.08 bits per heavy atom. The van der Waals surface area contributed by atoms with E-state index >= 15 is 0 Å². The largest absolute Gasteiger partial charge is 0.337 e. The third kappa shape index (κ3) is 4.47. The summed E-state index contributed by atoms with van der Waals surface area (Å²) in [4.78, 5) is 14.5. The van der Waals surface area contributed by atoms with Gasteiger partial charge in [-0.1, -0.05) is 23.2 Å². The zero-order valence-electron chi connectivity index (χ0n) is 13.9. The molecular formula is C17H21Cl3N4O. The summed E-state index contributed by atoms with van der Waals surface area (Å²) < 4.78 is 1.63. The molecule has 3 rings (SSSR count). The number of amides is 1. The molecule has 25 heavy (non-hydrogen) atoms. The van der Waals surface area contributed by atoms with Crippen LogP contribution in [0.3, 0.4) is 0 Å². The van der Waals surface area contributed by atoms with Crippen LogP contribution in [-0.4, -0.2) is 39.7 Å². The van der Waals surface area contributed by atoms with Gasteiger partial charge in [0.15, 0.2) is 5.69 Å². The molecule has 2 N–H and O–H groups in total. The van der Waals surface area contributed by atoms with E-state index in [0.29, 0.717) is 28.2 Å². The standard InChI is InChI=1S/C17H20Cl2N4O.ClH/c1-11(20)12-3-2-7-22(10-12)17(24)16-6-8-23(21-16)13-4-5-14(18)15(19)9-13;/h4-6,8-9,11-12H,2-3,7,10,20H2,1H3;1H. The van der Waals surface area contributed by atoms with Crippen LogP contribution in [0, 0.1) is 5.92 Å². The lowest BCUT2D eigenvalue weighted by Crippen LogP contribution is -2.45. The van der Waals surface area contributed by atoms with Crippen LogP contribution in [0.25, 0.3) is 5.69 Å². The van der Waals surface area contributed by atoms with Crippen molar-refractivity contribution < 1.29 is 4.79 Å². The van der Waals surface area contributed by atoms with Crippen molar-refractivity contribution in [3.05, 3.63) is 46.2 Å². The highest BCUT2D eigenvalue weighted by molar-refractivity contribution is 6.42. The number of rotatable bonds is 3. The van der Waals surface area contributed by atoms with E-state index in [0.717, 1.165) is 25.1 Å². The van der Waals surface area contributed by atoms with E-state index < -0.39 is 0 Å². The maximum Gasteiger partial charge on any atom is 0.274 e. The SMILES string of the molecule is CC(N)C1CCCN(C(=O)c2ccn(-c3ccc(Cl)c(Cl)c3)n2)C1.Cl. The lowest BCUT2D eigenvalue weighted by molar-refractivity contribution is 0.0654. The number of halogens is 3. The van der Waals surface area contributed by atoms with E-state index in [1.54, 1.807) is 29.1 Å². The summed E-state index contributed by atoms with van der Waals surface area (Å²) in [5, 5.41) is 5.33. The van der Waals surface area contributed by atoms with E-state index in [1.165, 1.54) is 0 Å². The lowest BCUT2D eigenvalue weighted by atomic mass is 9.92. The summed E-state index contributed by atoms with van der Waals surface area (Å²) in [5.74, 6) is 0.291. The maximum absolute atomic E-state index is 12.7. The molecule has 1 amide bonds. The fourth-order valence-electron chi connectivity index (χ4n) is 2.99. The van der Waals surface area contributed by atoms with Gasteiger partial charge in [0, 0.05) is 25.3 Å². The van der Waals surface area contributed by atoms with Crippen molar-refractivity contribution in [2.45, 2.75) is 25.8 Å². The van der Waals surface area contributed by atoms with Crippen molar-refractivity contribution in [3.63, 3.8) is 0 Å². The molecule has 0 bridgehead atoms. The minimum atomic E-state index is -0.0563. The fraction of sp³-hybridized carbons (Fsp3) is 0.412. The van der Waals surface area contributed by atoms with E-state index in [-0.39, 0.29) is 24.4 Å². The molecular weight excluding hydrogens is 383 g/mol. The monoisotopic (exact) mass is 402 g/mol. The molecule has 0 saturated carbocycles. The third-order valence-corrected chi connectivity index (χ3v) is 5.20. The van der Waals surface area contributed by atoms with Crippen molar-refractivity contribution in [1.82, 2.24) is 14.7 Å². The summed E-state index contributed by atoms with van der Waals surface area (Å²) in [6.07, 6.45) is 3.80. The molecule has 0 spiro atoms. The summed E-state index contributed by atoms with van der Waals surface area (Å²) in [7, 11) is 0. The summed E-state index contributed by atoms with van der Waals surface area (Å²) in [6.45, 7) is 3.44. The van der Waals surface area contributed by atoms with Crippen LogP contribution < -0.4 is 5.73 Å². The molecule has 0 aliphatic carbocycles. The van der Waals surface area contributed by atoms with Crippen LogP contribution >= 0.6 is 35.6 Å². The first-order chi connectivity index (χ1) is 11.5. The van der Waals surface area contributed by atoms with E-state index in [2.05, 4.69) is 5.10 Å². The van der Waals surface area contributed by atoms with Gasteiger partial charge in [-0.2, -0.15) is 5.10 Å². The van der Waals surface area contributed by atoms with E-state index in [9.17, 15) is 4.79 Å². The molecule has 1 aromatic carbocycles. The van der Waals surface area contributed by atoms with Crippen LogP contribution in [0.2, 0.25) is 10.0 Å². The number of nitrogens with two attached hydrogens (primary N) is 1. The van der Waals surface area contributed by atoms with Crippen molar-refractivity contribution >= 4 is 41.5 Å². The highest BCUT2D eigenvalue weighted by atomic mass is 35.5. The summed E-state index contributed by atoms with van der Waals surface area (Å²) >= 11 is 12.0. The van der Waals surface area contributed by atoms with Gasteiger partial charge in [-0.05, 0) is 49.9 Å². The quantitative estimate of drug-likeness (QED) is 0.847. The zero-order valence-corrected chi connectivity index (χ0v) is 16.2.